The summed E-state index contributed by atoms with van der Waals surface area (Å²) in [5.74, 6) is -0.914. The molecule has 0 bridgehead atoms. The van der Waals surface area contributed by atoms with Gasteiger partial charge in [-0.25, -0.2) is 4.79 Å². The molecule has 0 radical (unpaired) electrons. The lowest BCUT2D eigenvalue weighted by Gasteiger charge is -2.07. The molecule has 1 heterocycles. The number of benzene rings is 2. The maximum absolute atomic E-state index is 12.3. The lowest BCUT2D eigenvalue weighted by molar-refractivity contribution is 0.0602. The third-order valence-corrected chi connectivity index (χ3v) is 3.71. The molecule has 1 amide bonds. The van der Waals surface area contributed by atoms with Gasteiger partial charge in [0.1, 0.15) is 0 Å². The number of para-hydroxylation sites is 1. The van der Waals surface area contributed by atoms with E-state index in [2.05, 4.69) is 15.5 Å². The van der Waals surface area contributed by atoms with E-state index in [4.69, 9.17) is 9.15 Å². The van der Waals surface area contributed by atoms with E-state index in [0.29, 0.717) is 18.0 Å². The van der Waals surface area contributed by atoms with Gasteiger partial charge in [0.15, 0.2) is 0 Å². The minimum absolute atomic E-state index is 0.160. The zero-order chi connectivity index (χ0) is 18.4. The van der Waals surface area contributed by atoms with Gasteiger partial charge in [-0.15, -0.1) is 10.2 Å². The molecule has 2 aromatic carbocycles. The highest BCUT2D eigenvalue weighted by Crippen LogP contribution is 2.17. The van der Waals surface area contributed by atoms with Crippen LogP contribution < -0.4 is 5.32 Å². The molecule has 1 N–H and O–H groups in total. The van der Waals surface area contributed by atoms with Crippen molar-refractivity contribution < 1.29 is 18.7 Å². The van der Waals surface area contributed by atoms with Gasteiger partial charge >= 0.3 is 17.8 Å². The number of carbonyl (C=O) groups excluding carboxylic acids is 2. The van der Waals surface area contributed by atoms with Crippen LogP contribution >= 0.6 is 0 Å². The number of anilines is 1. The fraction of sp³-hybridized carbons (Fsp3) is 0.158. The van der Waals surface area contributed by atoms with Crippen LogP contribution in [0.15, 0.2) is 59.0 Å². The fourth-order valence-electron chi connectivity index (χ4n) is 2.40. The maximum atomic E-state index is 12.3. The Labute approximate surface area is 150 Å². The van der Waals surface area contributed by atoms with E-state index < -0.39 is 11.9 Å². The second kappa shape index (κ2) is 8.06. The van der Waals surface area contributed by atoms with E-state index in [1.807, 2.05) is 30.3 Å². The first-order chi connectivity index (χ1) is 12.7. The van der Waals surface area contributed by atoms with Crippen molar-refractivity contribution in [2.24, 2.45) is 0 Å². The highest BCUT2D eigenvalue weighted by Gasteiger charge is 2.18. The summed E-state index contributed by atoms with van der Waals surface area (Å²) in [7, 11) is 1.28. The van der Waals surface area contributed by atoms with Crippen molar-refractivity contribution in [1.82, 2.24) is 10.2 Å². The van der Waals surface area contributed by atoms with E-state index in [1.165, 1.54) is 7.11 Å². The standard InChI is InChI=1S/C19H17N3O4/c1-25-19(24)14-9-5-6-10-15(14)20-17(23)18-22-21-16(26-18)12-11-13-7-3-2-4-8-13/h2-10H,11-12H2,1H3,(H,20,23). The molecule has 26 heavy (non-hydrogen) atoms. The number of carbonyl (C=O) groups is 2. The van der Waals surface area contributed by atoms with E-state index in [1.54, 1.807) is 24.3 Å². The minimum atomic E-state index is -0.584. The maximum Gasteiger partial charge on any atom is 0.339 e. The summed E-state index contributed by atoms with van der Waals surface area (Å²) in [6.07, 6.45) is 1.26. The number of aromatic nitrogens is 2. The predicted octanol–water partition coefficient (Wildman–Crippen LogP) is 2.89. The van der Waals surface area contributed by atoms with Gasteiger partial charge in [0, 0.05) is 6.42 Å². The average molecular weight is 351 g/mol. The van der Waals surface area contributed by atoms with E-state index in [9.17, 15) is 9.59 Å². The third-order valence-electron chi connectivity index (χ3n) is 3.71. The molecule has 0 fully saturated rings. The van der Waals surface area contributed by atoms with Gasteiger partial charge in [0.2, 0.25) is 5.89 Å². The zero-order valence-corrected chi connectivity index (χ0v) is 14.1. The minimum Gasteiger partial charge on any atom is -0.465 e. The molecular formula is C19H17N3O4. The number of nitrogens with zero attached hydrogens (tertiary/aromatic N) is 2. The average Bonchev–Trinajstić information content (AvgIpc) is 3.16. The Morgan fingerprint density at radius 2 is 1.73 bits per heavy atom. The molecule has 0 saturated heterocycles. The zero-order valence-electron chi connectivity index (χ0n) is 14.1. The van der Waals surface area contributed by atoms with Gasteiger partial charge in [-0.05, 0) is 24.1 Å². The summed E-state index contributed by atoms with van der Waals surface area (Å²) in [4.78, 5) is 24.1. The van der Waals surface area contributed by atoms with Crippen LogP contribution in [0, 0.1) is 0 Å². The quantitative estimate of drug-likeness (QED) is 0.686. The number of amides is 1. The van der Waals surface area contributed by atoms with Crippen molar-refractivity contribution in [2.45, 2.75) is 12.8 Å². The Bertz CT molecular complexity index is 906. The fourth-order valence-corrected chi connectivity index (χ4v) is 2.40. The van der Waals surface area contributed by atoms with Crippen molar-refractivity contribution in [3.8, 4) is 0 Å². The first-order valence-electron chi connectivity index (χ1n) is 8.02. The van der Waals surface area contributed by atoms with Gasteiger partial charge in [-0.3, -0.25) is 4.79 Å². The Morgan fingerprint density at radius 1 is 1.00 bits per heavy atom. The van der Waals surface area contributed by atoms with Crippen LogP contribution in [-0.2, 0) is 17.6 Å². The lowest BCUT2D eigenvalue weighted by atomic mass is 10.1. The highest BCUT2D eigenvalue weighted by atomic mass is 16.5. The molecule has 0 aliphatic heterocycles. The number of methoxy groups -OCH3 is 1. The normalized spacial score (nSPS) is 10.3. The van der Waals surface area contributed by atoms with Crippen molar-refractivity contribution in [1.29, 1.82) is 0 Å². The van der Waals surface area contributed by atoms with Crippen LogP contribution in [0.4, 0.5) is 5.69 Å². The molecule has 7 heteroatoms. The Hall–Kier alpha value is -3.48. The predicted molar refractivity (Wildman–Crippen MR) is 93.9 cm³/mol. The van der Waals surface area contributed by atoms with Crippen LogP contribution in [-0.4, -0.2) is 29.2 Å². The topological polar surface area (TPSA) is 94.3 Å². The molecule has 7 nitrogen and oxygen atoms in total. The number of ether oxygens (including phenoxy) is 1. The lowest BCUT2D eigenvalue weighted by Crippen LogP contribution is -2.15. The van der Waals surface area contributed by atoms with Crippen molar-refractivity contribution in [3.63, 3.8) is 0 Å². The molecular weight excluding hydrogens is 334 g/mol. The number of nitrogens with one attached hydrogen (secondary N) is 1. The van der Waals surface area contributed by atoms with Crippen LogP contribution in [0.25, 0.3) is 0 Å². The van der Waals surface area contributed by atoms with Gasteiger partial charge in [0.25, 0.3) is 0 Å². The summed E-state index contributed by atoms with van der Waals surface area (Å²) < 4.78 is 10.1. The largest absolute Gasteiger partial charge is 0.465 e. The monoisotopic (exact) mass is 351 g/mol. The van der Waals surface area contributed by atoms with Crippen LogP contribution in [0.3, 0.4) is 0 Å². The first-order valence-corrected chi connectivity index (χ1v) is 8.02. The number of hydrogen-bond donors (Lipinski definition) is 1. The summed E-state index contributed by atoms with van der Waals surface area (Å²) in [6.45, 7) is 0. The number of rotatable bonds is 6. The molecule has 3 aromatic rings. The summed E-state index contributed by atoms with van der Waals surface area (Å²) in [5, 5.41) is 10.3. The molecule has 0 atom stereocenters. The molecule has 0 spiro atoms. The first kappa shape index (κ1) is 17.3. The van der Waals surface area contributed by atoms with Crippen molar-refractivity contribution >= 4 is 17.6 Å². The SMILES string of the molecule is COC(=O)c1ccccc1NC(=O)c1nnc(CCc2ccccc2)o1. The highest BCUT2D eigenvalue weighted by molar-refractivity contribution is 6.05. The van der Waals surface area contributed by atoms with Gasteiger partial charge in [-0.2, -0.15) is 0 Å². The van der Waals surface area contributed by atoms with E-state index in [-0.39, 0.29) is 11.5 Å². The molecule has 0 saturated carbocycles. The van der Waals surface area contributed by atoms with Gasteiger partial charge in [-0.1, -0.05) is 42.5 Å². The molecule has 0 aliphatic rings. The Balaban J connectivity index is 1.66. The van der Waals surface area contributed by atoms with E-state index in [0.717, 1.165) is 12.0 Å². The number of hydrogen-bond acceptors (Lipinski definition) is 6. The van der Waals surface area contributed by atoms with E-state index >= 15 is 0 Å². The second-order valence-electron chi connectivity index (χ2n) is 5.48. The van der Waals surface area contributed by atoms with Gasteiger partial charge < -0.3 is 14.5 Å². The molecule has 0 aliphatic carbocycles. The van der Waals surface area contributed by atoms with Crippen molar-refractivity contribution in [3.05, 3.63) is 77.5 Å². The second-order valence-corrected chi connectivity index (χ2v) is 5.48. The molecule has 3 rings (SSSR count). The van der Waals surface area contributed by atoms with Gasteiger partial charge in [0.05, 0.1) is 18.4 Å². The Morgan fingerprint density at radius 3 is 2.50 bits per heavy atom. The van der Waals surface area contributed by atoms with Crippen LogP contribution in [0.2, 0.25) is 0 Å². The third kappa shape index (κ3) is 4.13. The molecule has 0 unspecified atom stereocenters. The molecule has 1 aromatic heterocycles. The summed E-state index contributed by atoms with van der Waals surface area (Å²) in [5.41, 5.74) is 1.70. The smallest absolute Gasteiger partial charge is 0.339 e. The van der Waals surface area contributed by atoms with Crippen LogP contribution in [0.1, 0.15) is 32.5 Å². The number of aryl methyl sites for hydroxylation is 2. The Kier molecular flexibility index (Phi) is 5.38. The summed E-state index contributed by atoms with van der Waals surface area (Å²) >= 11 is 0. The number of esters is 1. The van der Waals surface area contributed by atoms with Crippen molar-refractivity contribution in [2.75, 3.05) is 12.4 Å². The molecule has 132 valence electrons. The van der Waals surface area contributed by atoms with Crippen LogP contribution in [0.5, 0.6) is 0 Å². The summed E-state index contributed by atoms with van der Waals surface area (Å²) in [6, 6.07) is 16.4.